The van der Waals surface area contributed by atoms with E-state index in [0.717, 1.165) is 23.4 Å². The molecular formula is C16H12Cl2F2N6. The van der Waals surface area contributed by atoms with E-state index in [1.807, 2.05) is 6.07 Å². The summed E-state index contributed by atoms with van der Waals surface area (Å²) in [6.45, 7) is 0.830. The van der Waals surface area contributed by atoms with Gasteiger partial charge in [0, 0.05) is 22.7 Å². The molecule has 4 rings (SSSR count). The van der Waals surface area contributed by atoms with E-state index in [1.165, 1.54) is 0 Å². The standard InChI is InChI=1S/C16H12Cl2F2N6/c1-16(19,20)4-10-23-15(26-25-10)14-11(7-5-21-22-6-7)8-2-3-9(17)12(18)13(8)24-14/h2-3,5-6,24H,4H2,1H3,(H,21,22)(H,23,25,26). The number of H-pyrrole nitrogens is 3. The smallest absolute Gasteiger partial charge is 0.252 e. The molecule has 0 bridgehead atoms. The molecule has 0 aliphatic carbocycles. The highest BCUT2D eigenvalue weighted by molar-refractivity contribution is 6.45. The first-order valence-corrected chi connectivity index (χ1v) is 8.37. The number of fused-ring (bicyclic) bond motifs is 1. The number of nitrogens with one attached hydrogen (secondary N) is 3. The lowest BCUT2D eigenvalue weighted by Gasteiger charge is -2.05. The van der Waals surface area contributed by atoms with Crippen molar-refractivity contribution in [3.05, 3.63) is 40.4 Å². The van der Waals surface area contributed by atoms with Crippen LogP contribution in [0.15, 0.2) is 24.5 Å². The maximum Gasteiger partial charge on any atom is 0.252 e. The van der Waals surface area contributed by atoms with Crippen molar-refractivity contribution in [3.8, 4) is 22.6 Å². The molecular weight excluding hydrogens is 385 g/mol. The fourth-order valence-electron chi connectivity index (χ4n) is 2.84. The third kappa shape index (κ3) is 2.95. The lowest BCUT2D eigenvalue weighted by atomic mass is 10.0. The third-order valence-corrected chi connectivity index (χ3v) is 4.69. The van der Waals surface area contributed by atoms with Gasteiger partial charge in [-0.25, -0.2) is 13.8 Å². The van der Waals surface area contributed by atoms with E-state index < -0.39 is 12.3 Å². The molecule has 0 amide bonds. The zero-order valence-corrected chi connectivity index (χ0v) is 14.9. The van der Waals surface area contributed by atoms with E-state index in [9.17, 15) is 8.78 Å². The Kier molecular flexibility index (Phi) is 3.96. The second-order valence-electron chi connectivity index (χ2n) is 6.00. The van der Waals surface area contributed by atoms with Crippen molar-refractivity contribution in [1.29, 1.82) is 0 Å². The topological polar surface area (TPSA) is 86.0 Å². The molecule has 3 heterocycles. The van der Waals surface area contributed by atoms with Gasteiger partial charge in [-0.15, -0.1) is 0 Å². The van der Waals surface area contributed by atoms with Crippen LogP contribution in [-0.4, -0.2) is 36.3 Å². The molecule has 0 saturated carbocycles. The maximum atomic E-state index is 13.2. The highest BCUT2D eigenvalue weighted by Gasteiger charge is 2.26. The van der Waals surface area contributed by atoms with E-state index in [1.54, 1.807) is 18.5 Å². The monoisotopic (exact) mass is 396 g/mol. The zero-order valence-electron chi connectivity index (χ0n) is 13.4. The minimum Gasteiger partial charge on any atom is -0.350 e. The molecule has 0 aliphatic rings. The van der Waals surface area contributed by atoms with Crippen LogP contribution >= 0.6 is 23.2 Å². The van der Waals surface area contributed by atoms with Gasteiger partial charge in [-0.05, 0) is 13.0 Å². The molecule has 3 aromatic heterocycles. The Morgan fingerprint density at radius 3 is 2.73 bits per heavy atom. The molecule has 0 unspecified atom stereocenters. The maximum absolute atomic E-state index is 13.2. The fraction of sp³-hybridized carbons (Fsp3) is 0.188. The van der Waals surface area contributed by atoms with Gasteiger partial charge in [0.25, 0.3) is 5.92 Å². The van der Waals surface area contributed by atoms with Gasteiger partial charge in [0.15, 0.2) is 5.82 Å². The van der Waals surface area contributed by atoms with Crippen LogP contribution in [0.3, 0.4) is 0 Å². The summed E-state index contributed by atoms with van der Waals surface area (Å²) in [4.78, 5) is 7.36. The molecule has 0 atom stereocenters. The SMILES string of the molecule is CC(F)(F)Cc1nc(-c2[nH]c3c(Cl)c(Cl)ccc3c2-c2cn[nH]c2)n[nH]1. The van der Waals surface area contributed by atoms with Crippen LogP contribution in [-0.2, 0) is 6.42 Å². The van der Waals surface area contributed by atoms with Gasteiger partial charge in [-0.1, -0.05) is 29.3 Å². The largest absolute Gasteiger partial charge is 0.350 e. The summed E-state index contributed by atoms with van der Waals surface area (Å²) in [5.41, 5.74) is 2.67. The fourth-order valence-corrected chi connectivity index (χ4v) is 3.21. The van der Waals surface area contributed by atoms with Gasteiger partial charge in [0.2, 0.25) is 0 Å². The first-order valence-electron chi connectivity index (χ1n) is 7.62. The number of aromatic amines is 3. The predicted molar refractivity (Wildman–Crippen MR) is 95.6 cm³/mol. The highest BCUT2D eigenvalue weighted by atomic mass is 35.5. The van der Waals surface area contributed by atoms with Gasteiger partial charge < -0.3 is 4.98 Å². The summed E-state index contributed by atoms with van der Waals surface area (Å²) in [5.74, 6) is -2.54. The van der Waals surface area contributed by atoms with Crippen LogP contribution in [0, 0.1) is 0 Å². The third-order valence-electron chi connectivity index (χ3n) is 3.88. The van der Waals surface area contributed by atoms with Crippen molar-refractivity contribution >= 4 is 34.1 Å². The minimum absolute atomic E-state index is 0.0911. The number of hydrogen-bond acceptors (Lipinski definition) is 3. The predicted octanol–water partition coefficient (Wildman–Crippen LogP) is 4.85. The normalized spacial score (nSPS) is 12.2. The lowest BCUT2D eigenvalue weighted by molar-refractivity contribution is 0.0207. The zero-order chi connectivity index (χ0) is 18.5. The number of halogens is 4. The van der Waals surface area contributed by atoms with Crippen molar-refractivity contribution in [2.24, 2.45) is 0 Å². The van der Waals surface area contributed by atoms with Gasteiger partial charge >= 0.3 is 0 Å². The summed E-state index contributed by atoms with van der Waals surface area (Å²) in [6, 6.07) is 3.51. The van der Waals surface area contributed by atoms with Crippen LogP contribution in [0.1, 0.15) is 12.7 Å². The molecule has 3 N–H and O–H groups in total. The summed E-state index contributed by atoms with van der Waals surface area (Å²) in [5, 5.41) is 14.9. The molecule has 134 valence electrons. The summed E-state index contributed by atoms with van der Waals surface area (Å²) in [6.07, 6.45) is 2.82. The Hall–Kier alpha value is -2.45. The van der Waals surface area contributed by atoms with Gasteiger partial charge in [0.05, 0.1) is 33.9 Å². The molecule has 26 heavy (non-hydrogen) atoms. The first-order chi connectivity index (χ1) is 12.3. The van der Waals surface area contributed by atoms with E-state index in [-0.39, 0.29) is 11.6 Å². The number of hydrogen-bond donors (Lipinski definition) is 3. The van der Waals surface area contributed by atoms with Gasteiger partial charge in [0.1, 0.15) is 5.82 Å². The Morgan fingerprint density at radius 2 is 2.04 bits per heavy atom. The molecule has 0 fully saturated rings. The molecule has 10 heteroatoms. The van der Waals surface area contributed by atoms with Crippen LogP contribution in [0.5, 0.6) is 0 Å². The molecule has 4 aromatic rings. The Labute approximate surface area is 155 Å². The van der Waals surface area contributed by atoms with Crippen LogP contribution in [0.2, 0.25) is 10.0 Å². The summed E-state index contributed by atoms with van der Waals surface area (Å²) in [7, 11) is 0. The molecule has 6 nitrogen and oxygen atoms in total. The highest BCUT2D eigenvalue weighted by Crippen LogP contribution is 2.41. The quantitative estimate of drug-likeness (QED) is 0.460. The van der Waals surface area contributed by atoms with Crippen molar-refractivity contribution < 1.29 is 8.78 Å². The van der Waals surface area contributed by atoms with E-state index >= 15 is 0 Å². The molecule has 0 radical (unpaired) electrons. The number of rotatable bonds is 4. The molecule has 1 aromatic carbocycles. The first kappa shape index (κ1) is 17.0. The second-order valence-corrected chi connectivity index (χ2v) is 6.78. The van der Waals surface area contributed by atoms with Crippen molar-refractivity contribution in [1.82, 2.24) is 30.4 Å². The van der Waals surface area contributed by atoms with Crippen LogP contribution < -0.4 is 0 Å². The second kappa shape index (κ2) is 6.07. The average Bonchev–Trinajstić information content (AvgIpc) is 3.27. The van der Waals surface area contributed by atoms with E-state index in [4.69, 9.17) is 23.2 Å². The number of nitrogens with zero attached hydrogens (tertiary/aromatic N) is 3. The average molecular weight is 397 g/mol. The molecule has 0 saturated heterocycles. The Bertz CT molecular complexity index is 1080. The van der Waals surface area contributed by atoms with Crippen LogP contribution in [0.25, 0.3) is 33.5 Å². The van der Waals surface area contributed by atoms with Crippen LogP contribution in [0.4, 0.5) is 8.78 Å². The molecule has 0 spiro atoms. The Balaban J connectivity index is 1.92. The van der Waals surface area contributed by atoms with Crippen molar-refractivity contribution in [2.45, 2.75) is 19.3 Å². The van der Waals surface area contributed by atoms with Gasteiger partial charge in [-0.2, -0.15) is 10.2 Å². The summed E-state index contributed by atoms with van der Waals surface area (Å²) < 4.78 is 26.5. The number of benzene rings is 1. The summed E-state index contributed by atoms with van der Waals surface area (Å²) >= 11 is 12.4. The minimum atomic E-state index is -2.89. The van der Waals surface area contributed by atoms with Gasteiger partial charge in [-0.3, -0.25) is 10.2 Å². The van der Waals surface area contributed by atoms with E-state index in [2.05, 4.69) is 30.4 Å². The van der Waals surface area contributed by atoms with Crippen molar-refractivity contribution in [2.75, 3.05) is 0 Å². The van der Waals surface area contributed by atoms with E-state index in [0.29, 0.717) is 21.3 Å². The Morgan fingerprint density at radius 1 is 1.23 bits per heavy atom. The number of alkyl halides is 2. The van der Waals surface area contributed by atoms with Crippen molar-refractivity contribution in [3.63, 3.8) is 0 Å². The number of aromatic nitrogens is 6. The lowest BCUT2D eigenvalue weighted by Crippen LogP contribution is -2.14. The molecule has 0 aliphatic heterocycles.